The van der Waals surface area contributed by atoms with Gasteiger partial charge in [0.2, 0.25) is 11.8 Å². The lowest BCUT2D eigenvalue weighted by Gasteiger charge is -2.54. The molecule has 2 heterocycles. The number of rotatable bonds is 6. The van der Waals surface area contributed by atoms with Crippen molar-refractivity contribution in [1.82, 2.24) is 25.1 Å². The minimum atomic E-state index is -0.497. The molecule has 1 aromatic rings. The predicted octanol–water partition coefficient (Wildman–Crippen LogP) is 2.80. The molecule has 1 aliphatic carbocycles. The lowest BCUT2D eigenvalue weighted by atomic mass is 9.88. The van der Waals surface area contributed by atoms with Crippen molar-refractivity contribution in [3.05, 3.63) is 35.9 Å². The average molecular weight is 456 g/mol. The molecule has 33 heavy (non-hydrogen) atoms. The summed E-state index contributed by atoms with van der Waals surface area (Å²) in [6, 6.07) is 9.03. The fraction of sp³-hybridized carbons (Fsp3) is 0.640. The lowest BCUT2D eigenvalue weighted by molar-refractivity contribution is -0.188. The minimum Gasteiger partial charge on any atom is -0.337 e. The topological polar surface area (TPSA) is 76.2 Å². The number of amides is 4. The molecular formula is C25H37N5O3. The van der Waals surface area contributed by atoms with E-state index in [0.717, 1.165) is 31.4 Å². The SMILES string of the molecule is CCCC1C(=O)N(CC2CCCCC2)CC2N1C(=O)CN(C)N2C(=O)NCc1ccccc1. The third-order valence-electron chi connectivity index (χ3n) is 7.20. The van der Waals surface area contributed by atoms with E-state index >= 15 is 0 Å². The molecule has 180 valence electrons. The van der Waals surface area contributed by atoms with Gasteiger partial charge in [0.15, 0.2) is 0 Å². The van der Waals surface area contributed by atoms with Gasteiger partial charge in [0.05, 0.1) is 13.1 Å². The number of likely N-dealkylation sites (N-methyl/N-ethyl adjacent to an activating group) is 1. The normalized spacial score (nSPS) is 24.7. The van der Waals surface area contributed by atoms with E-state index in [-0.39, 0.29) is 24.4 Å². The number of carbonyl (C=O) groups excluding carboxylic acids is 3. The maximum atomic E-state index is 13.5. The van der Waals surface area contributed by atoms with Gasteiger partial charge in [0, 0.05) is 20.1 Å². The molecule has 0 radical (unpaired) electrons. The average Bonchev–Trinajstić information content (AvgIpc) is 2.81. The van der Waals surface area contributed by atoms with Crippen LogP contribution in [-0.4, -0.2) is 76.6 Å². The maximum absolute atomic E-state index is 13.5. The summed E-state index contributed by atoms with van der Waals surface area (Å²) >= 11 is 0. The molecular weight excluding hydrogens is 418 g/mol. The van der Waals surface area contributed by atoms with E-state index in [0.29, 0.717) is 25.4 Å². The molecule has 1 saturated carbocycles. The van der Waals surface area contributed by atoms with Gasteiger partial charge in [-0.2, -0.15) is 0 Å². The molecule has 8 nitrogen and oxygen atoms in total. The number of hydrogen-bond donors (Lipinski definition) is 1. The summed E-state index contributed by atoms with van der Waals surface area (Å²) in [6.07, 6.45) is 6.95. The zero-order valence-corrected chi connectivity index (χ0v) is 19.9. The molecule has 2 aliphatic heterocycles. The lowest BCUT2D eigenvalue weighted by Crippen LogP contribution is -2.76. The Morgan fingerprint density at radius 3 is 2.52 bits per heavy atom. The third-order valence-corrected chi connectivity index (χ3v) is 7.20. The molecule has 4 amide bonds. The van der Waals surface area contributed by atoms with Gasteiger partial charge in [0.25, 0.3) is 0 Å². The molecule has 0 spiro atoms. The Kier molecular flexibility index (Phi) is 7.53. The molecule has 0 aromatic heterocycles. The number of benzene rings is 1. The van der Waals surface area contributed by atoms with Crippen LogP contribution in [0.3, 0.4) is 0 Å². The number of urea groups is 1. The van der Waals surface area contributed by atoms with Crippen molar-refractivity contribution in [2.24, 2.45) is 5.92 Å². The van der Waals surface area contributed by atoms with Crippen LogP contribution < -0.4 is 5.32 Å². The molecule has 4 rings (SSSR count). The van der Waals surface area contributed by atoms with Crippen LogP contribution in [0.25, 0.3) is 0 Å². The van der Waals surface area contributed by atoms with Crippen molar-refractivity contribution in [2.75, 3.05) is 26.7 Å². The molecule has 1 aromatic carbocycles. The number of nitrogens with zero attached hydrogens (tertiary/aromatic N) is 4. The molecule has 2 atom stereocenters. The van der Waals surface area contributed by atoms with Crippen LogP contribution in [0.2, 0.25) is 0 Å². The van der Waals surface area contributed by atoms with Crippen molar-refractivity contribution in [3.8, 4) is 0 Å². The number of fused-ring (bicyclic) bond motifs is 1. The molecule has 1 N–H and O–H groups in total. The van der Waals surface area contributed by atoms with Gasteiger partial charge in [-0.3, -0.25) is 9.59 Å². The monoisotopic (exact) mass is 455 g/mol. The largest absolute Gasteiger partial charge is 0.337 e. The molecule has 3 aliphatic rings. The minimum absolute atomic E-state index is 0.0428. The van der Waals surface area contributed by atoms with Crippen LogP contribution in [0, 0.1) is 5.92 Å². The van der Waals surface area contributed by atoms with E-state index in [2.05, 4.69) is 5.32 Å². The highest BCUT2D eigenvalue weighted by atomic mass is 16.2. The maximum Gasteiger partial charge on any atom is 0.334 e. The van der Waals surface area contributed by atoms with Gasteiger partial charge in [0.1, 0.15) is 12.2 Å². The van der Waals surface area contributed by atoms with Crippen LogP contribution >= 0.6 is 0 Å². The zero-order chi connectivity index (χ0) is 23.4. The molecule has 3 fully saturated rings. The fourth-order valence-electron chi connectivity index (χ4n) is 5.56. The summed E-state index contributed by atoms with van der Waals surface area (Å²) in [5, 5.41) is 6.35. The van der Waals surface area contributed by atoms with E-state index in [4.69, 9.17) is 0 Å². The molecule has 2 saturated heterocycles. The van der Waals surface area contributed by atoms with Gasteiger partial charge in [-0.1, -0.05) is 62.9 Å². The number of nitrogens with one attached hydrogen (secondary N) is 1. The van der Waals surface area contributed by atoms with Crippen LogP contribution in [0.4, 0.5) is 4.79 Å². The second kappa shape index (κ2) is 10.5. The summed E-state index contributed by atoms with van der Waals surface area (Å²) in [7, 11) is 1.77. The van der Waals surface area contributed by atoms with Gasteiger partial charge >= 0.3 is 6.03 Å². The molecule has 8 heteroatoms. The Labute approximate surface area is 196 Å². The van der Waals surface area contributed by atoms with E-state index in [1.54, 1.807) is 22.0 Å². The van der Waals surface area contributed by atoms with Crippen molar-refractivity contribution < 1.29 is 14.4 Å². The highest BCUT2D eigenvalue weighted by Crippen LogP contribution is 2.31. The van der Waals surface area contributed by atoms with E-state index in [9.17, 15) is 14.4 Å². The number of piperazine rings is 1. The number of hydrazine groups is 1. The first-order valence-corrected chi connectivity index (χ1v) is 12.4. The van der Waals surface area contributed by atoms with Gasteiger partial charge < -0.3 is 15.1 Å². The second-order valence-electron chi connectivity index (χ2n) is 9.64. The Bertz CT molecular complexity index is 842. The predicted molar refractivity (Wildman–Crippen MR) is 126 cm³/mol. The smallest absolute Gasteiger partial charge is 0.334 e. The first kappa shape index (κ1) is 23.5. The van der Waals surface area contributed by atoms with E-state index in [1.807, 2.05) is 42.2 Å². The quantitative estimate of drug-likeness (QED) is 0.716. The zero-order valence-electron chi connectivity index (χ0n) is 19.9. The van der Waals surface area contributed by atoms with Crippen LogP contribution in [-0.2, 0) is 16.1 Å². The molecule has 2 unspecified atom stereocenters. The van der Waals surface area contributed by atoms with Crippen molar-refractivity contribution in [3.63, 3.8) is 0 Å². The Balaban J connectivity index is 1.55. The van der Waals surface area contributed by atoms with Gasteiger partial charge in [-0.25, -0.2) is 14.8 Å². The first-order chi connectivity index (χ1) is 16.0. The Hall–Kier alpha value is -2.61. The summed E-state index contributed by atoms with van der Waals surface area (Å²) in [4.78, 5) is 43.5. The number of hydrogen-bond acceptors (Lipinski definition) is 4. The highest BCUT2D eigenvalue weighted by molar-refractivity contribution is 5.91. The Morgan fingerprint density at radius 1 is 1.09 bits per heavy atom. The summed E-state index contributed by atoms with van der Waals surface area (Å²) < 4.78 is 0. The van der Waals surface area contributed by atoms with Gasteiger partial charge in [-0.15, -0.1) is 0 Å². The van der Waals surface area contributed by atoms with Gasteiger partial charge in [-0.05, 0) is 30.7 Å². The van der Waals surface area contributed by atoms with Crippen LogP contribution in [0.15, 0.2) is 30.3 Å². The standard InChI is InChI=1S/C25H37N5O3/c1-3-10-21-24(32)28(16-20-13-8-5-9-14-20)17-22-29(21)23(31)18-27(2)30(22)25(33)26-15-19-11-6-4-7-12-19/h4,6-7,11-12,20-22H,3,5,8-10,13-18H2,1-2H3,(H,26,33). The molecule has 0 bridgehead atoms. The summed E-state index contributed by atoms with van der Waals surface area (Å²) in [6.45, 7) is 3.62. The van der Waals surface area contributed by atoms with Crippen LogP contribution in [0.5, 0.6) is 0 Å². The Morgan fingerprint density at radius 2 is 1.82 bits per heavy atom. The van der Waals surface area contributed by atoms with E-state index in [1.165, 1.54) is 19.3 Å². The second-order valence-corrected chi connectivity index (χ2v) is 9.64. The van der Waals surface area contributed by atoms with Crippen molar-refractivity contribution >= 4 is 17.8 Å². The highest BCUT2D eigenvalue weighted by Gasteiger charge is 2.50. The first-order valence-electron chi connectivity index (χ1n) is 12.4. The van der Waals surface area contributed by atoms with Crippen LogP contribution in [0.1, 0.15) is 57.4 Å². The van der Waals surface area contributed by atoms with E-state index < -0.39 is 12.2 Å². The van der Waals surface area contributed by atoms with Crippen molar-refractivity contribution in [2.45, 2.75) is 70.6 Å². The van der Waals surface area contributed by atoms with Crippen molar-refractivity contribution in [1.29, 1.82) is 0 Å². The number of carbonyl (C=O) groups is 3. The third kappa shape index (κ3) is 5.16. The summed E-state index contributed by atoms with van der Waals surface area (Å²) in [5.74, 6) is 0.467. The summed E-state index contributed by atoms with van der Waals surface area (Å²) in [5.41, 5.74) is 1.01. The fourth-order valence-corrected chi connectivity index (χ4v) is 5.56.